The number of carbonyl (C=O) groups is 1. The molecule has 0 radical (unpaired) electrons. The van der Waals surface area contributed by atoms with E-state index in [0.717, 1.165) is 24.2 Å². The van der Waals surface area contributed by atoms with Crippen LogP contribution in [0.5, 0.6) is 0 Å². The molecule has 2 aromatic rings. The predicted octanol–water partition coefficient (Wildman–Crippen LogP) is 3.29. The van der Waals surface area contributed by atoms with E-state index >= 15 is 0 Å². The standard InChI is InChI=1S/C23H33N3O3S/c1-4-26(5-2)30(28,29)22-15-12-20(13-16-22)14-17-23(27)24-18-9-19-25(3)21-10-7-6-8-11-21/h6-8,10-13,15-16H,4-5,9,14,17-19H2,1-3H3,(H,24,27). The molecule has 0 saturated heterocycles. The number of benzene rings is 2. The van der Waals surface area contributed by atoms with Crippen LogP contribution < -0.4 is 10.2 Å². The summed E-state index contributed by atoms with van der Waals surface area (Å²) in [7, 11) is -1.40. The molecular formula is C23H33N3O3S. The molecule has 0 saturated carbocycles. The molecule has 6 nitrogen and oxygen atoms in total. The lowest BCUT2D eigenvalue weighted by Crippen LogP contribution is -2.30. The quantitative estimate of drug-likeness (QED) is 0.524. The summed E-state index contributed by atoms with van der Waals surface area (Å²) >= 11 is 0. The third-order valence-electron chi connectivity index (χ3n) is 5.10. The van der Waals surface area contributed by atoms with Gasteiger partial charge in [-0.15, -0.1) is 0 Å². The van der Waals surface area contributed by atoms with Gasteiger partial charge in [0.15, 0.2) is 0 Å². The van der Waals surface area contributed by atoms with Crippen LogP contribution in [0.1, 0.15) is 32.3 Å². The number of para-hydroxylation sites is 1. The van der Waals surface area contributed by atoms with Gasteiger partial charge in [0.1, 0.15) is 0 Å². The van der Waals surface area contributed by atoms with Crippen molar-refractivity contribution in [3.63, 3.8) is 0 Å². The number of carbonyl (C=O) groups excluding carboxylic acids is 1. The Morgan fingerprint density at radius 3 is 2.20 bits per heavy atom. The number of nitrogens with one attached hydrogen (secondary N) is 1. The zero-order valence-electron chi connectivity index (χ0n) is 18.2. The molecule has 7 heteroatoms. The van der Waals surface area contributed by atoms with Gasteiger partial charge in [0.25, 0.3) is 0 Å². The van der Waals surface area contributed by atoms with Crippen molar-refractivity contribution >= 4 is 21.6 Å². The maximum atomic E-state index is 12.5. The Labute approximate surface area is 180 Å². The van der Waals surface area contributed by atoms with Gasteiger partial charge in [-0.3, -0.25) is 4.79 Å². The zero-order valence-corrected chi connectivity index (χ0v) is 19.0. The highest BCUT2D eigenvalue weighted by Gasteiger charge is 2.21. The van der Waals surface area contributed by atoms with Crippen LogP contribution in [0.3, 0.4) is 0 Å². The van der Waals surface area contributed by atoms with E-state index < -0.39 is 10.0 Å². The van der Waals surface area contributed by atoms with Crippen LogP contribution in [0, 0.1) is 0 Å². The third-order valence-corrected chi connectivity index (χ3v) is 7.16. The number of sulfonamides is 1. The van der Waals surface area contributed by atoms with Crippen molar-refractivity contribution in [3.05, 3.63) is 60.2 Å². The molecule has 0 bridgehead atoms. The number of anilines is 1. The van der Waals surface area contributed by atoms with E-state index in [1.54, 1.807) is 24.3 Å². The lowest BCUT2D eigenvalue weighted by Gasteiger charge is -2.19. The second kappa shape index (κ2) is 11.7. The molecule has 30 heavy (non-hydrogen) atoms. The zero-order chi connectivity index (χ0) is 22.0. The summed E-state index contributed by atoms with van der Waals surface area (Å²) in [5.41, 5.74) is 2.11. The van der Waals surface area contributed by atoms with Gasteiger partial charge in [0.05, 0.1) is 4.90 Å². The molecule has 0 fully saturated rings. The first-order valence-corrected chi connectivity index (χ1v) is 11.9. The van der Waals surface area contributed by atoms with Crippen LogP contribution in [0.4, 0.5) is 5.69 Å². The Bertz CT molecular complexity index is 880. The van der Waals surface area contributed by atoms with Crippen molar-refractivity contribution in [2.45, 2.75) is 38.0 Å². The first kappa shape index (κ1) is 23.9. The molecule has 0 aromatic heterocycles. The second-order valence-corrected chi connectivity index (χ2v) is 9.13. The molecule has 2 rings (SSSR count). The molecule has 0 aliphatic heterocycles. The second-order valence-electron chi connectivity index (χ2n) is 7.19. The van der Waals surface area contributed by atoms with Crippen molar-refractivity contribution in [3.8, 4) is 0 Å². The summed E-state index contributed by atoms with van der Waals surface area (Å²) in [6.45, 7) is 6.05. The minimum absolute atomic E-state index is 0.0113. The Morgan fingerprint density at radius 2 is 1.60 bits per heavy atom. The summed E-state index contributed by atoms with van der Waals surface area (Å²) < 4.78 is 26.5. The smallest absolute Gasteiger partial charge is 0.243 e. The average molecular weight is 432 g/mol. The summed E-state index contributed by atoms with van der Waals surface area (Å²) in [5.74, 6) is 0.0113. The molecule has 0 spiro atoms. The minimum atomic E-state index is -3.44. The van der Waals surface area contributed by atoms with Crippen LogP contribution in [-0.2, 0) is 21.2 Å². The van der Waals surface area contributed by atoms with Gasteiger partial charge in [-0.2, -0.15) is 4.31 Å². The molecule has 164 valence electrons. The molecule has 0 aliphatic carbocycles. The van der Waals surface area contributed by atoms with Gasteiger partial charge in [0, 0.05) is 45.3 Å². The van der Waals surface area contributed by atoms with Crippen molar-refractivity contribution in [1.82, 2.24) is 9.62 Å². The average Bonchev–Trinajstić information content (AvgIpc) is 2.76. The van der Waals surface area contributed by atoms with Gasteiger partial charge in [-0.05, 0) is 42.7 Å². The largest absolute Gasteiger partial charge is 0.375 e. The summed E-state index contributed by atoms with van der Waals surface area (Å²) in [6.07, 6.45) is 1.84. The van der Waals surface area contributed by atoms with Crippen molar-refractivity contribution in [1.29, 1.82) is 0 Å². The normalized spacial score (nSPS) is 11.5. The van der Waals surface area contributed by atoms with Crippen LogP contribution >= 0.6 is 0 Å². The van der Waals surface area contributed by atoms with E-state index in [0.29, 0.717) is 37.4 Å². The van der Waals surface area contributed by atoms with Crippen LogP contribution in [0.15, 0.2) is 59.5 Å². The van der Waals surface area contributed by atoms with Crippen LogP contribution in [-0.4, -0.2) is 51.9 Å². The number of hydrogen-bond acceptors (Lipinski definition) is 4. The maximum absolute atomic E-state index is 12.5. The fraction of sp³-hybridized carbons (Fsp3) is 0.435. The summed E-state index contributed by atoms with van der Waals surface area (Å²) in [4.78, 5) is 14.6. The number of hydrogen-bond donors (Lipinski definition) is 1. The molecule has 0 heterocycles. The Hall–Kier alpha value is -2.38. The van der Waals surface area contributed by atoms with Gasteiger partial charge in [-0.25, -0.2) is 8.42 Å². The van der Waals surface area contributed by atoms with Gasteiger partial charge < -0.3 is 10.2 Å². The molecular weight excluding hydrogens is 398 g/mol. The van der Waals surface area contributed by atoms with E-state index in [4.69, 9.17) is 0 Å². The SMILES string of the molecule is CCN(CC)S(=O)(=O)c1ccc(CCC(=O)NCCCN(C)c2ccccc2)cc1. The number of rotatable bonds is 12. The highest BCUT2D eigenvalue weighted by atomic mass is 32.2. The minimum Gasteiger partial charge on any atom is -0.375 e. The van der Waals surface area contributed by atoms with Gasteiger partial charge in [0.2, 0.25) is 15.9 Å². The number of aryl methyl sites for hydroxylation is 1. The highest BCUT2D eigenvalue weighted by Crippen LogP contribution is 2.17. The Balaban J connectivity index is 1.73. The van der Waals surface area contributed by atoms with E-state index in [9.17, 15) is 13.2 Å². The topological polar surface area (TPSA) is 69.7 Å². The molecule has 2 aromatic carbocycles. The van der Waals surface area contributed by atoms with E-state index in [1.807, 2.05) is 39.1 Å². The Morgan fingerprint density at radius 1 is 0.967 bits per heavy atom. The highest BCUT2D eigenvalue weighted by molar-refractivity contribution is 7.89. The van der Waals surface area contributed by atoms with Crippen molar-refractivity contribution in [2.24, 2.45) is 0 Å². The molecule has 0 aliphatic rings. The van der Waals surface area contributed by atoms with Crippen molar-refractivity contribution < 1.29 is 13.2 Å². The maximum Gasteiger partial charge on any atom is 0.243 e. The summed E-state index contributed by atoms with van der Waals surface area (Å²) in [5, 5.41) is 2.96. The lowest BCUT2D eigenvalue weighted by atomic mass is 10.1. The fourth-order valence-corrected chi connectivity index (χ4v) is 4.70. The first-order valence-electron chi connectivity index (χ1n) is 10.5. The molecule has 0 atom stereocenters. The molecule has 1 N–H and O–H groups in total. The van der Waals surface area contributed by atoms with Gasteiger partial charge >= 0.3 is 0 Å². The monoisotopic (exact) mass is 431 g/mol. The molecule has 0 unspecified atom stereocenters. The van der Waals surface area contributed by atoms with Crippen LogP contribution in [0.25, 0.3) is 0 Å². The third kappa shape index (κ3) is 6.85. The van der Waals surface area contributed by atoms with Crippen molar-refractivity contribution in [2.75, 3.05) is 38.1 Å². The summed E-state index contributed by atoms with van der Waals surface area (Å²) in [6, 6.07) is 17.0. The molecule has 1 amide bonds. The number of nitrogens with zero attached hydrogens (tertiary/aromatic N) is 2. The first-order chi connectivity index (χ1) is 14.4. The van der Waals surface area contributed by atoms with Crippen LogP contribution in [0.2, 0.25) is 0 Å². The van der Waals surface area contributed by atoms with E-state index in [-0.39, 0.29) is 5.91 Å². The predicted molar refractivity (Wildman–Crippen MR) is 122 cm³/mol. The van der Waals surface area contributed by atoms with Gasteiger partial charge in [-0.1, -0.05) is 44.2 Å². The fourth-order valence-electron chi connectivity index (χ4n) is 3.24. The van der Waals surface area contributed by atoms with E-state index in [1.165, 1.54) is 4.31 Å². The Kier molecular flexibility index (Phi) is 9.33. The number of amides is 1. The lowest BCUT2D eigenvalue weighted by molar-refractivity contribution is -0.121. The van der Waals surface area contributed by atoms with E-state index in [2.05, 4.69) is 22.3 Å².